The molecule has 3 aromatic heterocycles. The first-order chi connectivity index (χ1) is 21.8. The fourth-order valence-electron chi connectivity index (χ4n) is 6.48. The molecule has 1 aliphatic carbocycles. The Morgan fingerprint density at radius 2 is 1.82 bits per heavy atom. The van der Waals surface area contributed by atoms with E-state index in [2.05, 4.69) is 0 Å². The Bertz CT molecular complexity index is 2130. The molecular formula is C32H23F2N3O8. The van der Waals surface area contributed by atoms with Gasteiger partial charge in [-0.1, -0.05) is 30.3 Å². The third-order valence-corrected chi connectivity index (χ3v) is 8.46. The van der Waals surface area contributed by atoms with Gasteiger partial charge >= 0.3 is 5.82 Å². The molecule has 8 rings (SSSR count). The van der Waals surface area contributed by atoms with Crippen LogP contribution in [0.3, 0.4) is 0 Å². The number of pyridine rings is 1. The van der Waals surface area contributed by atoms with Crippen molar-refractivity contribution in [1.29, 1.82) is 0 Å². The lowest BCUT2D eigenvalue weighted by molar-refractivity contribution is -0.0198. The van der Waals surface area contributed by atoms with Crippen molar-refractivity contribution in [1.82, 2.24) is 9.58 Å². The highest BCUT2D eigenvalue weighted by molar-refractivity contribution is 5.97. The molecule has 1 fully saturated rings. The molecule has 13 heteroatoms. The first-order valence-electron chi connectivity index (χ1n) is 14.1. The average molecular weight is 616 g/mol. The molecule has 2 atom stereocenters. The van der Waals surface area contributed by atoms with Crippen molar-refractivity contribution in [3.05, 3.63) is 122 Å². The van der Waals surface area contributed by atoms with Crippen LogP contribution in [0.15, 0.2) is 83.8 Å². The molecule has 2 unspecified atom stereocenters. The van der Waals surface area contributed by atoms with Gasteiger partial charge in [-0.05, 0) is 30.2 Å². The number of aromatic nitrogens is 1. The molecule has 0 saturated carbocycles. The van der Waals surface area contributed by atoms with Crippen LogP contribution in [-0.4, -0.2) is 41.4 Å². The lowest BCUT2D eigenvalue weighted by Crippen LogP contribution is -2.66. The Kier molecular flexibility index (Phi) is 6.07. The summed E-state index contributed by atoms with van der Waals surface area (Å²) >= 11 is 0. The molecule has 0 radical (unpaired) electrons. The Balaban J connectivity index is 1.38. The number of fused-ring (bicyclic) bond motifs is 7. The Morgan fingerprint density at radius 3 is 2.64 bits per heavy atom. The molecule has 0 spiro atoms. The van der Waals surface area contributed by atoms with Gasteiger partial charge < -0.3 is 27.6 Å². The van der Waals surface area contributed by atoms with E-state index in [1.807, 2.05) is 29.3 Å². The number of nitrogens with zero attached hydrogens (tertiary/aromatic N) is 3. The fraction of sp³-hybridized carbons (Fsp3) is 0.219. The van der Waals surface area contributed by atoms with Crippen molar-refractivity contribution >= 4 is 5.91 Å². The molecular weight excluding hydrogens is 592 g/mol. The predicted octanol–water partition coefficient (Wildman–Crippen LogP) is 4.34. The summed E-state index contributed by atoms with van der Waals surface area (Å²) in [6, 6.07) is 11.9. The highest BCUT2D eigenvalue weighted by atomic mass is 19.2. The highest BCUT2D eigenvalue weighted by Crippen LogP contribution is 2.49. The van der Waals surface area contributed by atoms with Crippen molar-refractivity contribution in [2.45, 2.75) is 25.7 Å². The van der Waals surface area contributed by atoms with Crippen LogP contribution in [0.25, 0.3) is 22.5 Å². The number of aryl methyl sites for hydroxylation is 1. The second-order valence-electron chi connectivity index (χ2n) is 10.8. The van der Waals surface area contributed by atoms with Gasteiger partial charge in [0.25, 0.3) is 5.91 Å². The van der Waals surface area contributed by atoms with Crippen molar-refractivity contribution in [2.75, 3.05) is 24.8 Å². The van der Waals surface area contributed by atoms with E-state index < -0.39 is 41.0 Å². The number of benzene rings is 2. The minimum atomic E-state index is -1.04. The molecule has 2 aromatic carbocycles. The largest absolute Gasteiger partial charge is 0.519 e. The molecule has 1 amide bonds. The number of hydrogen-bond donors (Lipinski definition) is 0. The van der Waals surface area contributed by atoms with Gasteiger partial charge in [0.05, 0.1) is 25.5 Å². The number of amides is 1. The number of ether oxygens (including phenoxy) is 2. The Labute approximate surface area is 252 Å². The molecule has 11 nitrogen and oxygen atoms in total. The maximum absolute atomic E-state index is 15.9. The van der Waals surface area contributed by atoms with Crippen LogP contribution < -0.4 is 21.0 Å². The molecule has 45 heavy (non-hydrogen) atoms. The van der Waals surface area contributed by atoms with Crippen LogP contribution in [-0.2, 0) is 11.3 Å². The molecule has 5 aromatic rings. The standard InChI is InChI=1S/C32H23F2N3O8/c1-16-23(45-32(40)44-16)14-43-30-22(38)8-10-36-28(30)31(39)35-11-13-41-15-24(35)37(36)27-17-4-2-3-5-18(17)29-20(9-12-42-29)25-19(27)6-7-21(33)26(25)34/h2-10,12,24,27H,11,13-15H2,1H3. The number of hydrogen-bond acceptors (Lipinski definition) is 9. The molecule has 1 saturated heterocycles. The van der Waals surface area contributed by atoms with Crippen LogP contribution >= 0.6 is 0 Å². The second-order valence-corrected chi connectivity index (χ2v) is 10.8. The summed E-state index contributed by atoms with van der Waals surface area (Å²) in [7, 11) is 0. The molecule has 3 aliphatic rings. The zero-order valence-electron chi connectivity index (χ0n) is 23.6. The number of rotatable bonds is 4. The number of carbonyl (C=O) groups is 1. The zero-order chi connectivity index (χ0) is 31.0. The summed E-state index contributed by atoms with van der Waals surface area (Å²) < 4.78 is 59.8. The lowest BCUT2D eigenvalue weighted by Gasteiger charge is -2.51. The summed E-state index contributed by atoms with van der Waals surface area (Å²) in [5, 5.41) is 1.81. The average Bonchev–Trinajstić information content (AvgIpc) is 3.62. The van der Waals surface area contributed by atoms with Crippen LogP contribution in [0.1, 0.15) is 39.2 Å². The lowest BCUT2D eigenvalue weighted by atomic mass is 9.92. The summed E-state index contributed by atoms with van der Waals surface area (Å²) in [6.45, 7) is 1.68. The normalized spacial score (nSPS) is 18.4. The highest BCUT2D eigenvalue weighted by Gasteiger charge is 2.47. The minimum absolute atomic E-state index is 0.0182. The number of furan rings is 1. The topological polar surface area (TPSA) is 120 Å². The maximum Gasteiger partial charge on any atom is 0.519 e. The van der Waals surface area contributed by atoms with E-state index in [0.717, 1.165) is 6.07 Å². The molecule has 0 bridgehead atoms. The van der Waals surface area contributed by atoms with Crippen molar-refractivity contribution < 1.29 is 36.3 Å². The third-order valence-electron chi connectivity index (χ3n) is 8.46. The fourth-order valence-corrected chi connectivity index (χ4v) is 6.48. The number of halogens is 2. The van der Waals surface area contributed by atoms with Gasteiger partial charge in [0.2, 0.25) is 5.43 Å². The van der Waals surface area contributed by atoms with Gasteiger partial charge in [-0.15, -0.1) is 0 Å². The van der Waals surface area contributed by atoms with Gasteiger partial charge in [-0.2, -0.15) is 0 Å². The first-order valence-corrected chi connectivity index (χ1v) is 14.1. The Morgan fingerprint density at radius 1 is 0.978 bits per heavy atom. The van der Waals surface area contributed by atoms with Gasteiger partial charge in [0.15, 0.2) is 34.6 Å². The first kappa shape index (κ1) is 27.1. The summed E-state index contributed by atoms with van der Waals surface area (Å²) in [4.78, 5) is 40.5. The van der Waals surface area contributed by atoms with E-state index >= 15 is 4.39 Å². The van der Waals surface area contributed by atoms with E-state index in [1.54, 1.807) is 11.0 Å². The number of morpholine rings is 1. The van der Waals surface area contributed by atoms with Crippen molar-refractivity contribution in [2.24, 2.45) is 0 Å². The summed E-state index contributed by atoms with van der Waals surface area (Å²) in [5.74, 6) is -3.17. The van der Waals surface area contributed by atoms with Crippen LogP contribution in [0.2, 0.25) is 0 Å². The SMILES string of the molecule is Cc1oc(=O)oc1COc1c2n(ccc1=O)N(C1c3ccccc3-c3occc3-c3c1ccc(F)c3F)C1COCCN1C2=O. The Hall–Kier alpha value is -5.43. The van der Waals surface area contributed by atoms with Crippen LogP contribution in [0.4, 0.5) is 8.78 Å². The van der Waals surface area contributed by atoms with E-state index in [9.17, 15) is 18.8 Å². The van der Waals surface area contributed by atoms with Gasteiger partial charge in [-0.3, -0.25) is 19.3 Å². The smallest absolute Gasteiger partial charge is 0.479 e. The van der Waals surface area contributed by atoms with Crippen molar-refractivity contribution in [3.63, 3.8) is 0 Å². The van der Waals surface area contributed by atoms with E-state index in [0.29, 0.717) is 28.0 Å². The minimum Gasteiger partial charge on any atom is -0.479 e. The monoisotopic (exact) mass is 615 g/mol. The van der Waals surface area contributed by atoms with Gasteiger partial charge in [0, 0.05) is 35.5 Å². The quantitative estimate of drug-likeness (QED) is 0.291. The molecule has 0 N–H and O–H groups in total. The molecule has 228 valence electrons. The zero-order valence-corrected chi connectivity index (χ0v) is 23.6. The van der Waals surface area contributed by atoms with E-state index in [1.165, 1.54) is 36.2 Å². The van der Waals surface area contributed by atoms with Crippen LogP contribution in [0, 0.1) is 18.6 Å². The second kappa shape index (κ2) is 10.1. The predicted molar refractivity (Wildman–Crippen MR) is 152 cm³/mol. The van der Waals surface area contributed by atoms with E-state index in [-0.39, 0.29) is 54.9 Å². The number of carbonyl (C=O) groups excluding carboxylic acids is 1. The van der Waals surface area contributed by atoms with Crippen LogP contribution in [0.5, 0.6) is 5.75 Å². The van der Waals surface area contributed by atoms with Crippen molar-refractivity contribution in [3.8, 4) is 28.2 Å². The molecule has 2 aliphatic heterocycles. The van der Waals surface area contributed by atoms with E-state index in [4.69, 9.17) is 22.7 Å². The molecule has 5 heterocycles. The summed E-state index contributed by atoms with van der Waals surface area (Å²) in [5.41, 5.74) is 1.45. The van der Waals surface area contributed by atoms with Gasteiger partial charge in [0.1, 0.15) is 18.5 Å². The maximum atomic E-state index is 15.9. The summed E-state index contributed by atoms with van der Waals surface area (Å²) in [6.07, 6.45) is 2.16. The van der Waals surface area contributed by atoms with Gasteiger partial charge in [-0.25, -0.2) is 13.6 Å². The third kappa shape index (κ3) is 4.00.